The summed E-state index contributed by atoms with van der Waals surface area (Å²) in [5.74, 6) is 1.13. The Morgan fingerprint density at radius 2 is 1.59 bits per heavy atom. The SMILES string of the molecule is Fc1ccc(N2CCN(c3nncc(NCc4ccccc4)n3)CC2)cc1. The number of anilines is 3. The van der Waals surface area contributed by atoms with Crippen LogP contribution in [0.5, 0.6) is 0 Å². The van der Waals surface area contributed by atoms with Gasteiger partial charge in [-0.2, -0.15) is 10.1 Å². The molecule has 0 amide bonds. The molecule has 1 N–H and O–H groups in total. The first-order valence-corrected chi connectivity index (χ1v) is 9.01. The third-order valence-electron chi connectivity index (χ3n) is 4.62. The summed E-state index contributed by atoms with van der Waals surface area (Å²) in [6.45, 7) is 3.94. The van der Waals surface area contributed by atoms with Gasteiger partial charge < -0.3 is 15.1 Å². The van der Waals surface area contributed by atoms with Crippen molar-refractivity contribution in [2.75, 3.05) is 41.3 Å². The van der Waals surface area contributed by atoms with Crippen LogP contribution < -0.4 is 15.1 Å². The van der Waals surface area contributed by atoms with E-state index >= 15 is 0 Å². The van der Waals surface area contributed by atoms with Gasteiger partial charge in [0.15, 0.2) is 5.82 Å². The van der Waals surface area contributed by atoms with Gasteiger partial charge in [-0.25, -0.2) is 4.39 Å². The Labute approximate surface area is 157 Å². The first-order chi connectivity index (χ1) is 13.3. The van der Waals surface area contributed by atoms with Crippen LogP contribution in [-0.2, 0) is 6.54 Å². The Kier molecular flexibility index (Phi) is 5.09. The highest BCUT2D eigenvalue weighted by molar-refractivity contribution is 5.49. The number of halogens is 1. The Morgan fingerprint density at radius 1 is 0.889 bits per heavy atom. The average molecular weight is 364 g/mol. The molecule has 6 nitrogen and oxygen atoms in total. The molecule has 1 aromatic heterocycles. The highest BCUT2D eigenvalue weighted by Gasteiger charge is 2.20. The van der Waals surface area contributed by atoms with Gasteiger partial charge in [0.25, 0.3) is 0 Å². The molecule has 1 fully saturated rings. The standard InChI is InChI=1S/C20H21FN6/c21-17-6-8-18(9-7-17)26-10-12-27(13-11-26)20-24-19(15-23-25-20)22-14-16-4-2-1-3-5-16/h1-9,15H,10-14H2,(H,22,24,25). The lowest BCUT2D eigenvalue weighted by atomic mass is 10.2. The summed E-state index contributed by atoms with van der Waals surface area (Å²) in [5, 5.41) is 11.6. The first-order valence-electron chi connectivity index (χ1n) is 9.01. The van der Waals surface area contributed by atoms with E-state index in [1.54, 1.807) is 6.20 Å². The minimum Gasteiger partial charge on any atom is -0.368 e. The largest absolute Gasteiger partial charge is 0.368 e. The van der Waals surface area contributed by atoms with Gasteiger partial charge in [0.2, 0.25) is 5.95 Å². The molecule has 0 atom stereocenters. The maximum atomic E-state index is 13.1. The van der Waals surface area contributed by atoms with E-state index in [-0.39, 0.29) is 5.82 Å². The fourth-order valence-electron chi connectivity index (χ4n) is 3.12. The van der Waals surface area contributed by atoms with Gasteiger partial charge in [-0.05, 0) is 29.8 Å². The number of nitrogens with zero attached hydrogens (tertiary/aromatic N) is 5. The Morgan fingerprint density at radius 3 is 2.33 bits per heavy atom. The van der Waals surface area contributed by atoms with Gasteiger partial charge in [-0.1, -0.05) is 30.3 Å². The van der Waals surface area contributed by atoms with Crippen molar-refractivity contribution < 1.29 is 4.39 Å². The summed E-state index contributed by atoms with van der Waals surface area (Å²) in [7, 11) is 0. The minimum absolute atomic E-state index is 0.211. The number of benzene rings is 2. The fourth-order valence-corrected chi connectivity index (χ4v) is 3.12. The Bertz CT molecular complexity index is 863. The van der Waals surface area contributed by atoms with Crippen LogP contribution in [-0.4, -0.2) is 41.4 Å². The predicted octanol–water partition coefficient (Wildman–Crippen LogP) is 2.95. The lowest BCUT2D eigenvalue weighted by molar-refractivity contribution is 0.622. The molecule has 7 heteroatoms. The summed E-state index contributed by atoms with van der Waals surface area (Å²) >= 11 is 0. The molecule has 2 aromatic carbocycles. The fraction of sp³-hybridized carbons (Fsp3) is 0.250. The molecule has 1 aliphatic heterocycles. The minimum atomic E-state index is -0.211. The van der Waals surface area contributed by atoms with E-state index in [0.717, 1.165) is 31.9 Å². The van der Waals surface area contributed by atoms with Gasteiger partial charge >= 0.3 is 0 Å². The smallest absolute Gasteiger partial charge is 0.247 e. The monoisotopic (exact) mass is 364 g/mol. The number of piperazine rings is 1. The molecule has 0 unspecified atom stereocenters. The van der Waals surface area contributed by atoms with Crippen LogP contribution in [0.15, 0.2) is 60.8 Å². The van der Waals surface area contributed by atoms with Crippen molar-refractivity contribution in [3.63, 3.8) is 0 Å². The van der Waals surface area contributed by atoms with Crippen LogP contribution in [0.2, 0.25) is 0 Å². The van der Waals surface area contributed by atoms with Crippen molar-refractivity contribution in [1.82, 2.24) is 15.2 Å². The van der Waals surface area contributed by atoms with Crippen LogP contribution >= 0.6 is 0 Å². The zero-order valence-corrected chi connectivity index (χ0v) is 14.9. The van der Waals surface area contributed by atoms with Crippen molar-refractivity contribution in [3.05, 3.63) is 72.2 Å². The molecule has 0 bridgehead atoms. The molecule has 4 rings (SSSR count). The van der Waals surface area contributed by atoms with Crippen LogP contribution in [0.1, 0.15) is 5.56 Å². The number of hydrogen-bond acceptors (Lipinski definition) is 6. The third-order valence-corrected chi connectivity index (χ3v) is 4.62. The van der Waals surface area contributed by atoms with Crippen LogP contribution in [0.25, 0.3) is 0 Å². The molecule has 0 radical (unpaired) electrons. The molecule has 2 heterocycles. The zero-order chi connectivity index (χ0) is 18.5. The van der Waals surface area contributed by atoms with Crippen molar-refractivity contribution in [1.29, 1.82) is 0 Å². The molecular weight excluding hydrogens is 343 g/mol. The van der Waals surface area contributed by atoms with Gasteiger partial charge in [0.1, 0.15) is 5.82 Å². The first kappa shape index (κ1) is 17.2. The predicted molar refractivity (Wildman–Crippen MR) is 104 cm³/mol. The summed E-state index contributed by atoms with van der Waals surface area (Å²) in [6, 6.07) is 16.8. The molecule has 138 valence electrons. The second-order valence-corrected chi connectivity index (χ2v) is 6.43. The van der Waals surface area contributed by atoms with E-state index in [2.05, 4.69) is 42.4 Å². The van der Waals surface area contributed by atoms with E-state index in [1.807, 2.05) is 30.3 Å². The molecule has 0 aliphatic carbocycles. The Balaban J connectivity index is 1.36. The van der Waals surface area contributed by atoms with Crippen LogP contribution in [0.3, 0.4) is 0 Å². The zero-order valence-electron chi connectivity index (χ0n) is 14.9. The highest BCUT2D eigenvalue weighted by atomic mass is 19.1. The molecular formula is C20H21FN6. The van der Waals surface area contributed by atoms with Crippen LogP contribution in [0, 0.1) is 5.82 Å². The van der Waals surface area contributed by atoms with Crippen molar-refractivity contribution >= 4 is 17.5 Å². The highest BCUT2D eigenvalue weighted by Crippen LogP contribution is 2.19. The van der Waals surface area contributed by atoms with Crippen molar-refractivity contribution in [2.45, 2.75) is 6.54 Å². The molecule has 1 saturated heterocycles. The van der Waals surface area contributed by atoms with Gasteiger partial charge in [-0.15, -0.1) is 5.10 Å². The number of rotatable bonds is 5. The van der Waals surface area contributed by atoms with Gasteiger partial charge in [0, 0.05) is 38.4 Å². The summed E-state index contributed by atoms with van der Waals surface area (Å²) in [6.07, 6.45) is 1.64. The average Bonchev–Trinajstić information content (AvgIpc) is 2.74. The molecule has 3 aromatic rings. The Hall–Kier alpha value is -3.22. The summed E-state index contributed by atoms with van der Waals surface area (Å²) in [5.41, 5.74) is 2.22. The number of hydrogen-bond donors (Lipinski definition) is 1. The number of aromatic nitrogens is 3. The summed E-state index contributed by atoms with van der Waals surface area (Å²) in [4.78, 5) is 8.96. The van der Waals surface area contributed by atoms with Crippen LogP contribution in [0.4, 0.5) is 21.8 Å². The molecule has 1 aliphatic rings. The topological polar surface area (TPSA) is 57.2 Å². The third kappa shape index (κ3) is 4.31. The maximum absolute atomic E-state index is 13.1. The van der Waals surface area contributed by atoms with Crippen molar-refractivity contribution in [3.8, 4) is 0 Å². The maximum Gasteiger partial charge on any atom is 0.247 e. The molecule has 27 heavy (non-hydrogen) atoms. The summed E-state index contributed by atoms with van der Waals surface area (Å²) < 4.78 is 13.1. The quantitative estimate of drug-likeness (QED) is 0.751. The number of nitrogens with one attached hydrogen (secondary N) is 1. The lowest BCUT2D eigenvalue weighted by Crippen LogP contribution is -2.47. The second-order valence-electron chi connectivity index (χ2n) is 6.43. The van der Waals surface area contributed by atoms with E-state index in [4.69, 9.17) is 0 Å². The van der Waals surface area contributed by atoms with E-state index < -0.39 is 0 Å². The van der Waals surface area contributed by atoms with E-state index in [9.17, 15) is 4.39 Å². The normalized spacial score (nSPS) is 14.3. The molecule has 0 spiro atoms. The van der Waals surface area contributed by atoms with Gasteiger partial charge in [0.05, 0.1) is 6.20 Å². The van der Waals surface area contributed by atoms with Crippen molar-refractivity contribution in [2.24, 2.45) is 0 Å². The molecule has 0 saturated carbocycles. The van der Waals surface area contributed by atoms with Gasteiger partial charge in [-0.3, -0.25) is 0 Å². The van der Waals surface area contributed by atoms with E-state index in [1.165, 1.54) is 17.7 Å². The second kappa shape index (κ2) is 7.99. The lowest BCUT2D eigenvalue weighted by Gasteiger charge is -2.35. The van der Waals surface area contributed by atoms with E-state index in [0.29, 0.717) is 18.3 Å².